The molecule has 0 rings (SSSR count). The average Bonchev–Trinajstić information content (AvgIpc) is 1.38. The summed E-state index contributed by atoms with van der Waals surface area (Å²) in [5.74, 6) is 0. The second kappa shape index (κ2) is 2.96. The Morgan fingerprint density at radius 3 is 2.20 bits per heavy atom. The molecule has 0 aliphatic heterocycles. The number of hydrogen-bond acceptors (Lipinski definition) is 0. The minimum absolute atomic E-state index is 0.797. The van der Waals surface area contributed by atoms with Crippen molar-refractivity contribution in [3.63, 3.8) is 0 Å². The maximum absolute atomic E-state index is 3.60. The van der Waals surface area contributed by atoms with Gasteiger partial charge in [-0.15, -0.1) is 0 Å². The van der Waals surface area contributed by atoms with Crippen molar-refractivity contribution in [1.29, 1.82) is 0 Å². The standard InChI is InChI=1S/C3H7SiTe/c1-2-3(4)5/h2-3H,1H2,4H3. The van der Waals surface area contributed by atoms with E-state index in [4.69, 9.17) is 0 Å². The predicted octanol–water partition coefficient (Wildman–Crippen LogP) is -0.548. The van der Waals surface area contributed by atoms with Crippen molar-refractivity contribution < 1.29 is 0 Å². The fraction of sp³-hybridized carbons (Fsp3) is 0.333. The Morgan fingerprint density at radius 2 is 2.20 bits per heavy atom. The Kier molecular flexibility index (Phi) is 3.40. The second-order valence-corrected chi connectivity index (χ2v) is 6.89. The van der Waals surface area contributed by atoms with Gasteiger partial charge in [-0.2, -0.15) is 0 Å². The molecule has 0 nitrogen and oxygen atoms in total. The van der Waals surface area contributed by atoms with E-state index in [-0.39, 0.29) is 0 Å². The van der Waals surface area contributed by atoms with E-state index in [1.54, 1.807) is 0 Å². The van der Waals surface area contributed by atoms with E-state index in [1.165, 1.54) is 10.2 Å². The molecule has 0 heterocycles. The number of rotatable bonds is 1. The summed E-state index contributed by atoms with van der Waals surface area (Å²) in [4.78, 5) is 0. The van der Waals surface area contributed by atoms with Crippen LogP contribution in [-0.4, -0.2) is 32.5 Å². The molecule has 0 aromatic carbocycles. The van der Waals surface area contributed by atoms with Gasteiger partial charge in [0.2, 0.25) is 0 Å². The molecule has 5 heavy (non-hydrogen) atoms. The summed E-state index contributed by atoms with van der Waals surface area (Å²) in [6.07, 6.45) is 1.98. The van der Waals surface area contributed by atoms with Gasteiger partial charge in [0.1, 0.15) is 0 Å². The predicted molar refractivity (Wildman–Crippen MR) is 29.6 cm³/mol. The van der Waals surface area contributed by atoms with Crippen molar-refractivity contribution >= 4 is 32.5 Å². The molecule has 0 aromatic heterocycles. The fourth-order valence-corrected chi connectivity index (χ4v) is 0. The monoisotopic (exact) mass is 201 g/mol. The molecule has 0 saturated heterocycles. The Bertz CT molecular complexity index is 33.9. The van der Waals surface area contributed by atoms with E-state index in [0.717, 1.165) is 3.59 Å². The molecule has 0 spiro atoms. The van der Waals surface area contributed by atoms with Gasteiger partial charge in [0.25, 0.3) is 0 Å². The number of allylic oxidation sites excluding steroid dienone is 1. The second-order valence-electron chi connectivity index (χ2n) is 0.941. The summed E-state index contributed by atoms with van der Waals surface area (Å²) in [6, 6.07) is 0. The first-order valence-electron chi connectivity index (χ1n) is 1.55. The zero-order valence-electron chi connectivity index (χ0n) is 3.27. The van der Waals surface area contributed by atoms with E-state index in [9.17, 15) is 0 Å². The van der Waals surface area contributed by atoms with Gasteiger partial charge in [0, 0.05) is 0 Å². The molecule has 0 amide bonds. The average molecular weight is 199 g/mol. The van der Waals surface area contributed by atoms with Crippen LogP contribution in [0.4, 0.5) is 0 Å². The van der Waals surface area contributed by atoms with Crippen LogP contribution in [0.5, 0.6) is 0 Å². The molecule has 0 aliphatic carbocycles. The summed E-state index contributed by atoms with van der Waals surface area (Å²) in [5, 5.41) is 0. The fourth-order valence-electron chi connectivity index (χ4n) is 0. The van der Waals surface area contributed by atoms with Crippen LogP contribution in [0.1, 0.15) is 0 Å². The third-order valence-corrected chi connectivity index (χ3v) is 1.35. The van der Waals surface area contributed by atoms with E-state index in [1.807, 2.05) is 6.08 Å². The summed E-state index contributed by atoms with van der Waals surface area (Å²) >= 11 is 2.10. The molecule has 29 valence electrons. The summed E-state index contributed by atoms with van der Waals surface area (Å²) in [5.41, 5.74) is 0. The van der Waals surface area contributed by atoms with E-state index in [0.29, 0.717) is 0 Å². The first kappa shape index (κ1) is 5.75. The summed E-state index contributed by atoms with van der Waals surface area (Å²) in [6.45, 7) is 3.60. The molecule has 0 N–H and O–H groups in total. The van der Waals surface area contributed by atoms with Gasteiger partial charge in [-0.05, 0) is 0 Å². The van der Waals surface area contributed by atoms with Crippen LogP contribution in [0.2, 0.25) is 3.59 Å². The zero-order chi connectivity index (χ0) is 4.28. The van der Waals surface area contributed by atoms with Crippen LogP contribution in [0, 0.1) is 0 Å². The van der Waals surface area contributed by atoms with Crippen LogP contribution >= 0.6 is 0 Å². The number of hydrogen-bond donors (Lipinski definition) is 0. The molecule has 0 aromatic rings. The van der Waals surface area contributed by atoms with E-state index >= 15 is 0 Å². The zero-order valence-corrected chi connectivity index (χ0v) is 7.60. The van der Waals surface area contributed by atoms with Crippen molar-refractivity contribution in [2.75, 3.05) is 0 Å². The van der Waals surface area contributed by atoms with Gasteiger partial charge in [-0.25, -0.2) is 0 Å². The van der Waals surface area contributed by atoms with Crippen LogP contribution < -0.4 is 0 Å². The Labute approximate surface area is 49.0 Å². The van der Waals surface area contributed by atoms with Gasteiger partial charge in [-0.3, -0.25) is 0 Å². The van der Waals surface area contributed by atoms with Crippen LogP contribution in [0.15, 0.2) is 12.7 Å². The maximum atomic E-state index is 3.60. The van der Waals surface area contributed by atoms with Gasteiger partial charge in [0.15, 0.2) is 0 Å². The SMILES string of the molecule is C=CC([SiH3])[Te]. The molecule has 0 saturated carbocycles. The summed E-state index contributed by atoms with van der Waals surface area (Å²) < 4.78 is 0.797. The third kappa shape index (κ3) is 4.75. The van der Waals surface area contributed by atoms with Gasteiger partial charge < -0.3 is 0 Å². The van der Waals surface area contributed by atoms with Crippen LogP contribution in [0.3, 0.4) is 0 Å². The first-order valence-corrected chi connectivity index (χ1v) is 4.05. The molecule has 2 heteroatoms. The summed E-state index contributed by atoms with van der Waals surface area (Å²) in [7, 11) is 1.26. The van der Waals surface area contributed by atoms with Crippen molar-refractivity contribution in [3.8, 4) is 0 Å². The molecule has 0 aliphatic rings. The molecular weight excluding hydrogens is 192 g/mol. The Hall–Kier alpha value is 0.746. The van der Waals surface area contributed by atoms with Gasteiger partial charge >= 0.3 is 48.8 Å². The molecule has 1 atom stereocenters. The molecule has 0 fully saturated rings. The topological polar surface area (TPSA) is 0 Å². The van der Waals surface area contributed by atoms with Crippen molar-refractivity contribution in [2.24, 2.45) is 0 Å². The van der Waals surface area contributed by atoms with Gasteiger partial charge in [-0.1, -0.05) is 0 Å². The van der Waals surface area contributed by atoms with Crippen LogP contribution in [-0.2, 0) is 0 Å². The quantitative estimate of drug-likeness (QED) is 0.392. The molecule has 1 unspecified atom stereocenters. The molecular formula is C3H7SiTe. The van der Waals surface area contributed by atoms with Crippen molar-refractivity contribution in [2.45, 2.75) is 3.59 Å². The minimum atomic E-state index is 0.797. The van der Waals surface area contributed by atoms with Gasteiger partial charge in [0.05, 0.1) is 0 Å². The van der Waals surface area contributed by atoms with Crippen LogP contribution in [0.25, 0.3) is 0 Å². The molecule has 0 bridgehead atoms. The Morgan fingerprint density at radius 1 is 2.00 bits per heavy atom. The Balaban J connectivity index is 2.83. The third-order valence-electron chi connectivity index (χ3n) is 0.332. The van der Waals surface area contributed by atoms with E-state index < -0.39 is 0 Å². The van der Waals surface area contributed by atoms with E-state index in [2.05, 4.69) is 28.9 Å². The van der Waals surface area contributed by atoms with Crippen molar-refractivity contribution in [3.05, 3.63) is 12.7 Å². The first-order chi connectivity index (χ1) is 2.27. The normalized spacial score (nSPS) is 14.6. The molecule has 1 radical (unpaired) electrons. The van der Waals surface area contributed by atoms with Crippen molar-refractivity contribution in [1.82, 2.24) is 0 Å².